The summed E-state index contributed by atoms with van der Waals surface area (Å²) >= 11 is 5.30. The summed E-state index contributed by atoms with van der Waals surface area (Å²) < 4.78 is 27.7. The maximum atomic E-state index is 12.6. The first-order valence-corrected chi connectivity index (χ1v) is 10.7. The second kappa shape index (κ2) is 8.54. The molecule has 2 aromatic carbocycles. The highest BCUT2D eigenvalue weighted by Gasteiger charge is 2.15. The van der Waals surface area contributed by atoms with Gasteiger partial charge in [0, 0.05) is 23.1 Å². The topological polar surface area (TPSA) is 96.0 Å². The Kier molecular flexibility index (Phi) is 6.09. The lowest BCUT2D eigenvalue weighted by atomic mass is 10.2. The maximum absolute atomic E-state index is 12.6. The van der Waals surface area contributed by atoms with Crippen LogP contribution in [-0.4, -0.2) is 23.5 Å². The first-order chi connectivity index (χ1) is 13.7. The summed E-state index contributed by atoms with van der Waals surface area (Å²) in [4.78, 5) is 8.37. The summed E-state index contributed by atoms with van der Waals surface area (Å²) in [7, 11) is -3.76. The highest BCUT2D eigenvalue weighted by molar-refractivity contribution is 7.92. The number of hydrogen-bond acceptors (Lipinski definition) is 5. The molecule has 3 aromatic rings. The van der Waals surface area contributed by atoms with E-state index in [0.717, 1.165) is 11.3 Å². The van der Waals surface area contributed by atoms with E-state index in [4.69, 9.17) is 12.2 Å². The van der Waals surface area contributed by atoms with E-state index in [9.17, 15) is 8.42 Å². The average molecular weight is 428 g/mol. The molecule has 0 spiro atoms. The molecule has 0 unspecified atom stereocenters. The quantitative estimate of drug-likeness (QED) is 0.529. The minimum Gasteiger partial charge on any atom is -0.332 e. The van der Waals surface area contributed by atoms with Crippen LogP contribution in [-0.2, 0) is 10.0 Å². The van der Waals surface area contributed by atoms with Gasteiger partial charge in [-0.1, -0.05) is 17.7 Å². The molecular formula is C20H21N5O2S2. The number of sulfonamides is 1. The van der Waals surface area contributed by atoms with Crippen LogP contribution in [0.1, 0.15) is 17.1 Å². The van der Waals surface area contributed by atoms with Crippen LogP contribution in [0.5, 0.6) is 0 Å². The van der Waals surface area contributed by atoms with Crippen LogP contribution in [0, 0.1) is 20.8 Å². The van der Waals surface area contributed by atoms with Gasteiger partial charge in [0.2, 0.25) is 0 Å². The fourth-order valence-electron chi connectivity index (χ4n) is 2.61. The van der Waals surface area contributed by atoms with Crippen molar-refractivity contribution in [3.8, 4) is 0 Å². The molecule has 1 heterocycles. The van der Waals surface area contributed by atoms with Crippen molar-refractivity contribution in [1.82, 2.24) is 9.97 Å². The van der Waals surface area contributed by atoms with E-state index in [-0.39, 0.29) is 10.7 Å². The first kappa shape index (κ1) is 20.7. The van der Waals surface area contributed by atoms with Crippen LogP contribution < -0.4 is 15.4 Å². The minimum atomic E-state index is -3.76. The van der Waals surface area contributed by atoms with Gasteiger partial charge in [-0.2, -0.15) is 0 Å². The first-order valence-electron chi connectivity index (χ1n) is 8.81. The number of aryl methyl sites for hydroxylation is 3. The molecule has 0 fully saturated rings. The van der Waals surface area contributed by atoms with Gasteiger partial charge in [-0.05, 0) is 69.4 Å². The Morgan fingerprint density at radius 1 is 0.862 bits per heavy atom. The summed E-state index contributed by atoms with van der Waals surface area (Å²) in [5.74, 6) is 0.734. The Morgan fingerprint density at radius 2 is 1.41 bits per heavy atom. The van der Waals surface area contributed by atoms with Crippen molar-refractivity contribution in [1.29, 1.82) is 0 Å². The predicted octanol–water partition coefficient (Wildman–Crippen LogP) is 4.01. The van der Waals surface area contributed by atoms with Gasteiger partial charge in [0.1, 0.15) is 11.6 Å². The van der Waals surface area contributed by atoms with Crippen molar-refractivity contribution in [2.45, 2.75) is 25.7 Å². The standard InChI is InChI=1S/C20H21N5O2S2/c1-13-4-6-16(7-5-13)23-20(28)24-17-8-10-18(11-9-17)29(26,27)25-19-12-14(2)21-15(3)22-19/h4-12H,1-3H3,(H,21,22,25)(H2,23,24,28). The molecule has 0 radical (unpaired) electrons. The Hall–Kier alpha value is -3.04. The molecule has 9 heteroatoms. The molecule has 3 N–H and O–H groups in total. The smallest absolute Gasteiger partial charge is 0.263 e. The fourth-order valence-corrected chi connectivity index (χ4v) is 3.84. The molecule has 0 aliphatic carbocycles. The van der Waals surface area contributed by atoms with Crippen LogP contribution in [0.4, 0.5) is 17.2 Å². The minimum absolute atomic E-state index is 0.120. The number of rotatable bonds is 5. The van der Waals surface area contributed by atoms with E-state index < -0.39 is 10.0 Å². The third kappa shape index (κ3) is 5.72. The van der Waals surface area contributed by atoms with Gasteiger partial charge in [0.15, 0.2) is 5.11 Å². The van der Waals surface area contributed by atoms with Crippen molar-refractivity contribution >= 4 is 44.5 Å². The second-order valence-corrected chi connectivity index (χ2v) is 8.61. The van der Waals surface area contributed by atoms with Gasteiger partial charge >= 0.3 is 0 Å². The van der Waals surface area contributed by atoms with Crippen LogP contribution in [0.25, 0.3) is 0 Å². The average Bonchev–Trinajstić information content (AvgIpc) is 2.63. The van der Waals surface area contributed by atoms with Gasteiger partial charge < -0.3 is 10.6 Å². The van der Waals surface area contributed by atoms with Crippen molar-refractivity contribution in [3.63, 3.8) is 0 Å². The zero-order chi connectivity index (χ0) is 21.0. The van der Waals surface area contributed by atoms with Gasteiger partial charge in [-0.3, -0.25) is 4.72 Å². The molecule has 0 saturated heterocycles. The molecule has 0 amide bonds. The number of nitrogens with zero attached hydrogens (tertiary/aromatic N) is 2. The van der Waals surface area contributed by atoms with Crippen LogP contribution >= 0.6 is 12.2 Å². The Bertz CT molecular complexity index is 1110. The van der Waals surface area contributed by atoms with Crippen LogP contribution in [0.2, 0.25) is 0 Å². The lowest BCUT2D eigenvalue weighted by Gasteiger charge is -2.12. The van der Waals surface area contributed by atoms with Crippen molar-refractivity contribution in [2.24, 2.45) is 0 Å². The van der Waals surface area contributed by atoms with E-state index in [1.165, 1.54) is 12.1 Å². The van der Waals surface area contributed by atoms with E-state index in [2.05, 4.69) is 25.3 Å². The van der Waals surface area contributed by atoms with Crippen LogP contribution in [0.15, 0.2) is 59.5 Å². The summed E-state index contributed by atoms with van der Waals surface area (Å²) in [5, 5.41) is 6.53. The maximum Gasteiger partial charge on any atom is 0.263 e. The fraction of sp³-hybridized carbons (Fsp3) is 0.150. The third-order valence-corrected chi connectivity index (χ3v) is 5.51. The Morgan fingerprint density at radius 3 is 1.97 bits per heavy atom. The van der Waals surface area contributed by atoms with E-state index in [0.29, 0.717) is 22.3 Å². The molecule has 0 saturated carbocycles. The number of aromatic nitrogens is 2. The lowest BCUT2D eigenvalue weighted by molar-refractivity contribution is 0.601. The van der Waals surface area contributed by atoms with Gasteiger partial charge in [-0.15, -0.1) is 0 Å². The normalized spacial score (nSPS) is 11.0. The monoisotopic (exact) mass is 427 g/mol. The van der Waals surface area contributed by atoms with E-state index >= 15 is 0 Å². The molecule has 150 valence electrons. The number of hydrogen-bond donors (Lipinski definition) is 3. The molecule has 3 rings (SSSR count). The number of nitrogens with one attached hydrogen (secondary N) is 3. The Labute approximate surface area is 175 Å². The summed E-state index contributed by atoms with van der Waals surface area (Å²) in [5.41, 5.74) is 3.38. The highest BCUT2D eigenvalue weighted by Crippen LogP contribution is 2.18. The lowest BCUT2D eigenvalue weighted by Crippen LogP contribution is -2.19. The number of thiocarbonyl (C=S) groups is 1. The number of anilines is 3. The largest absolute Gasteiger partial charge is 0.332 e. The van der Waals surface area contributed by atoms with Crippen molar-refractivity contribution in [3.05, 3.63) is 71.7 Å². The highest BCUT2D eigenvalue weighted by atomic mass is 32.2. The van der Waals surface area contributed by atoms with Gasteiger partial charge in [0.05, 0.1) is 4.90 Å². The molecule has 7 nitrogen and oxygen atoms in total. The molecular weight excluding hydrogens is 406 g/mol. The molecule has 0 bridgehead atoms. The zero-order valence-electron chi connectivity index (χ0n) is 16.2. The van der Waals surface area contributed by atoms with Gasteiger partial charge in [-0.25, -0.2) is 18.4 Å². The molecule has 0 aliphatic heterocycles. The summed E-state index contributed by atoms with van der Waals surface area (Å²) in [6.45, 7) is 5.50. The van der Waals surface area contributed by atoms with Crippen molar-refractivity contribution in [2.75, 3.05) is 15.4 Å². The summed E-state index contributed by atoms with van der Waals surface area (Å²) in [6.07, 6.45) is 0. The van der Waals surface area contributed by atoms with Gasteiger partial charge in [0.25, 0.3) is 10.0 Å². The molecule has 29 heavy (non-hydrogen) atoms. The zero-order valence-corrected chi connectivity index (χ0v) is 17.9. The van der Waals surface area contributed by atoms with E-state index in [1.54, 1.807) is 32.0 Å². The van der Waals surface area contributed by atoms with E-state index in [1.807, 2.05) is 31.2 Å². The van der Waals surface area contributed by atoms with Crippen molar-refractivity contribution < 1.29 is 8.42 Å². The molecule has 1 aromatic heterocycles. The third-order valence-electron chi connectivity index (χ3n) is 3.94. The van der Waals surface area contributed by atoms with Crippen LogP contribution in [0.3, 0.4) is 0 Å². The molecule has 0 atom stereocenters. The SMILES string of the molecule is Cc1ccc(NC(=S)Nc2ccc(S(=O)(=O)Nc3cc(C)nc(C)n3)cc2)cc1. The second-order valence-electron chi connectivity index (χ2n) is 6.52. The Balaban J connectivity index is 1.67. The number of benzene rings is 2. The molecule has 0 aliphatic rings. The summed E-state index contributed by atoms with van der Waals surface area (Å²) in [6, 6.07) is 15.7. The predicted molar refractivity (Wildman–Crippen MR) is 120 cm³/mol.